The third kappa shape index (κ3) is 16.1. The van der Waals surface area contributed by atoms with E-state index in [4.69, 9.17) is 29.5 Å². The molecule has 0 amide bonds. The fraction of sp³-hybridized carbons (Fsp3) is 0.875. The summed E-state index contributed by atoms with van der Waals surface area (Å²) >= 11 is 0. The molecule has 0 aliphatic rings. The van der Waals surface area contributed by atoms with E-state index in [1.54, 1.807) is 0 Å². The Labute approximate surface area is 94.0 Å². The fourth-order valence-electron chi connectivity index (χ4n) is 0.798. The van der Waals surface area contributed by atoms with Crippen LogP contribution in [0.1, 0.15) is 39.5 Å². The van der Waals surface area contributed by atoms with E-state index < -0.39 is 19.4 Å². The molecule has 98 valence electrons. The Hall–Kier alpha value is -0.300. The van der Waals surface area contributed by atoms with Gasteiger partial charge in [-0.05, 0) is 6.42 Å². The van der Waals surface area contributed by atoms with E-state index in [1.807, 2.05) is 6.92 Å². The summed E-state index contributed by atoms with van der Waals surface area (Å²) in [5, 5.41) is 18.0. The molecule has 0 spiro atoms. The minimum Gasteiger partial charge on any atom is -0.360 e. The van der Waals surface area contributed by atoms with E-state index in [9.17, 15) is 4.79 Å². The quantitative estimate of drug-likeness (QED) is 0.264. The summed E-state index contributed by atoms with van der Waals surface area (Å²) < 4.78 is 8.88. The zero-order valence-electron chi connectivity index (χ0n) is 9.33. The van der Waals surface area contributed by atoms with Gasteiger partial charge in [0, 0.05) is 13.3 Å². The van der Waals surface area contributed by atoms with Crippen molar-refractivity contribution in [2.45, 2.75) is 45.3 Å². The summed E-state index contributed by atoms with van der Waals surface area (Å²) in [6.07, 6.45) is 2.77. The monoisotopic (exact) mass is 258 g/mol. The average Bonchev–Trinajstić information content (AvgIpc) is 2.00. The number of rotatable bonds is 5. The van der Waals surface area contributed by atoms with Crippen LogP contribution in [-0.4, -0.2) is 36.5 Å². The van der Waals surface area contributed by atoms with Crippen LogP contribution in [0.3, 0.4) is 0 Å². The van der Waals surface area contributed by atoms with Crippen LogP contribution in [0.5, 0.6) is 0 Å². The standard InChI is InChI=1S/C8H16O3.H3O4P/c1-3-4-5-6-8(10,11)7(2)9;1-5(2,3)4/h10-11H,3-6H2,1-2H3;(H3,1,2,3,4). The van der Waals surface area contributed by atoms with E-state index in [2.05, 4.69) is 0 Å². The highest BCUT2D eigenvalue weighted by Gasteiger charge is 2.27. The molecule has 0 heterocycles. The molecule has 16 heavy (non-hydrogen) atoms. The van der Waals surface area contributed by atoms with E-state index in [0.717, 1.165) is 12.8 Å². The Morgan fingerprint density at radius 1 is 1.19 bits per heavy atom. The van der Waals surface area contributed by atoms with Gasteiger partial charge in [0.25, 0.3) is 0 Å². The molecule has 8 heteroatoms. The Balaban J connectivity index is 0. The van der Waals surface area contributed by atoms with Crippen LogP contribution in [0.15, 0.2) is 0 Å². The third-order valence-corrected chi connectivity index (χ3v) is 1.69. The molecule has 0 aromatic rings. The number of unbranched alkanes of at least 4 members (excludes halogenated alkanes) is 2. The third-order valence-electron chi connectivity index (χ3n) is 1.69. The van der Waals surface area contributed by atoms with Crippen LogP contribution in [0, 0.1) is 0 Å². The topological polar surface area (TPSA) is 135 Å². The van der Waals surface area contributed by atoms with Crippen molar-refractivity contribution in [2.75, 3.05) is 0 Å². The van der Waals surface area contributed by atoms with Gasteiger partial charge in [0.05, 0.1) is 0 Å². The Bertz CT molecular complexity index is 237. The van der Waals surface area contributed by atoms with Gasteiger partial charge in [0.1, 0.15) is 0 Å². The maximum Gasteiger partial charge on any atom is 0.466 e. The first kappa shape index (κ1) is 18.1. The van der Waals surface area contributed by atoms with Crippen molar-refractivity contribution in [2.24, 2.45) is 0 Å². The highest BCUT2D eigenvalue weighted by atomic mass is 31.2. The summed E-state index contributed by atoms with van der Waals surface area (Å²) in [6.45, 7) is 3.20. The van der Waals surface area contributed by atoms with Gasteiger partial charge in [0.15, 0.2) is 5.78 Å². The van der Waals surface area contributed by atoms with Gasteiger partial charge in [-0.1, -0.05) is 19.8 Å². The molecule has 0 unspecified atom stereocenters. The van der Waals surface area contributed by atoms with Gasteiger partial charge >= 0.3 is 7.82 Å². The van der Waals surface area contributed by atoms with Crippen LogP contribution in [-0.2, 0) is 9.36 Å². The molecule has 0 radical (unpaired) electrons. The van der Waals surface area contributed by atoms with Gasteiger partial charge in [-0.2, -0.15) is 0 Å². The van der Waals surface area contributed by atoms with E-state index >= 15 is 0 Å². The number of carbonyl (C=O) groups excluding carboxylic acids is 1. The largest absolute Gasteiger partial charge is 0.466 e. The van der Waals surface area contributed by atoms with Gasteiger partial charge in [-0.15, -0.1) is 0 Å². The second kappa shape index (κ2) is 7.89. The number of carbonyl (C=O) groups is 1. The van der Waals surface area contributed by atoms with Crippen LogP contribution in [0.25, 0.3) is 0 Å². The Morgan fingerprint density at radius 3 is 1.81 bits per heavy atom. The zero-order chi connectivity index (χ0) is 13.4. The fourth-order valence-corrected chi connectivity index (χ4v) is 0.798. The first-order valence-corrected chi connectivity index (χ1v) is 6.31. The summed E-state index contributed by atoms with van der Waals surface area (Å²) in [6, 6.07) is 0. The normalized spacial score (nSPS) is 11.7. The second-order valence-electron chi connectivity index (χ2n) is 3.34. The Morgan fingerprint density at radius 2 is 1.56 bits per heavy atom. The van der Waals surface area contributed by atoms with Gasteiger partial charge in [-0.25, -0.2) is 4.57 Å². The van der Waals surface area contributed by atoms with Crippen molar-refractivity contribution in [3.05, 3.63) is 0 Å². The van der Waals surface area contributed by atoms with Crippen molar-refractivity contribution in [1.82, 2.24) is 0 Å². The molecule has 0 aliphatic carbocycles. The molecule has 0 fully saturated rings. The molecule has 0 saturated heterocycles. The van der Waals surface area contributed by atoms with Crippen LogP contribution in [0.2, 0.25) is 0 Å². The lowest BCUT2D eigenvalue weighted by Gasteiger charge is -2.17. The molecule has 5 N–H and O–H groups in total. The number of hydrogen-bond donors (Lipinski definition) is 5. The zero-order valence-corrected chi connectivity index (χ0v) is 10.2. The van der Waals surface area contributed by atoms with Crippen molar-refractivity contribution in [1.29, 1.82) is 0 Å². The summed E-state index contributed by atoms with van der Waals surface area (Å²) in [4.78, 5) is 32.1. The van der Waals surface area contributed by atoms with Gasteiger partial charge in [-0.3, -0.25) is 4.79 Å². The predicted molar refractivity (Wildman–Crippen MR) is 56.3 cm³/mol. The first-order chi connectivity index (χ1) is 7.00. The molecule has 7 nitrogen and oxygen atoms in total. The van der Waals surface area contributed by atoms with Crippen molar-refractivity contribution < 1.29 is 34.3 Å². The predicted octanol–water partition coefficient (Wildman–Crippen LogP) is -0.0920. The second-order valence-corrected chi connectivity index (χ2v) is 4.37. The highest BCUT2D eigenvalue weighted by Crippen LogP contribution is 2.25. The number of aliphatic hydroxyl groups is 2. The van der Waals surface area contributed by atoms with Crippen molar-refractivity contribution >= 4 is 13.6 Å². The molecule has 0 atom stereocenters. The van der Waals surface area contributed by atoms with Crippen molar-refractivity contribution in [3.8, 4) is 0 Å². The molecule has 0 bridgehead atoms. The van der Waals surface area contributed by atoms with Gasteiger partial charge < -0.3 is 24.9 Å². The first-order valence-electron chi connectivity index (χ1n) is 4.74. The van der Waals surface area contributed by atoms with Gasteiger partial charge in [0.2, 0.25) is 5.79 Å². The van der Waals surface area contributed by atoms with Crippen LogP contribution < -0.4 is 0 Å². The smallest absolute Gasteiger partial charge is 0.360 e. The van der Waals surface area contributed by atoms with E-state index in [-0.39, 0.29) is 6.42 Å². The minimum atomic E-state index is -4.64. The molecule has 0 rings (SSSR count). The number of hydrogen-bond acceptors (Lipinski definition) is 4. The molecule has 0 saturated carbocycles. The lowest BCUT2D eigenvalue weighted by atomic mass is 10.0. The summed E-state index contributed by atoms with van der Waals surface area (Å²) in [5.74, 6) is -2.66. The lowest BCUT2D eigenvalue weighted by molar-refractivity contribution is -0.183. The number of ketones is 1. The Kier molecular flexibility index (Phi) is 8.91. The minimum absolute atomic E-state index is 0.149. The summed E-state index contributed by atoms with van der Waals surface area (Å²) in [5.41, 5.74) is 0. The van der Waals surface area contributed by atoms with Crippen molar-refractivity contribution in [3.63, 3.8) is 0 Å². The molecule has 0 aliphatic heterocycles. The molecular formula is C8H19O7P. The van der Waals surface area contributed by atoms with E-state index in [0.29, 0.717) is 6.42 Å². The maximum atomic E-state index is 10.6. The molecular weight excluding hydrogens is 239 g/mol. The SMILES string of the molecule is CCCCCC(O)(O)C(C)=O.O=P(O)(O)O. The van der Waals surface area contributed by atoms with Crippen LogP contribution in [0.4, 0.5) is 0 Å². The summed E-state index contributed by atoms with van der Waals surface area (Å²) in [7, 11) is -4.64. The number of phosphoric acid groups is 1. The molecule has 0 aromatic carbocycles. The average molecular weight is 258 g/mol. The maximum absolute atomic E-state index is 10.6. The number of Topliss-reactive ketones (excluding diaryl/α,β-unsaturated/α-hetero) is 1. The highest BCUT2D eigenvalue weighted by molar-refractivity contribution is 7.45. The lowest BCUT2D eigenvalue weighted by Crippen LogP contribution is -2.36. The van der Waals surface area contributed by atoms with Crippen LogP contribution >= 0.6 is 7.82 Å². The molecule has 0 aromatic heterocycles. The van der Waals surface area contributed by atoms with E-state index in [1.165, 1.54) is 6.92 Å².